The Labute approximate surface area is 170 Å². The van der Waals surface area contributed by atoms with E-state index in [1.807, 2.05) is 0 Å². The largest absolute Gasteiger partial charge is 1.00 e. The zero-order valence-electron chi connectivity index (χ0n) is 16.6. The van der Waals surface area contributed by atoms with Gasteiger partial charge in [0.15, 0.2) is 0 Å². The number of H-pyrrole nitrogens is 1. The van der Waals surface area contributed by atoms with Crippen molar-refractivity contribution in [2.24, 2.45) is 5.73 Å². The summed E-state index contributed by atoms with van der Waals surface area (Å²) in [6.45, 7) is 2.73. The van der Waals surface area contributed by atoms with Gasteiger partial charge in [0.25, 0.3) is 0 Å². The van der Waals surface area contributed by atoms with Crippen LogP contribution in [0, 0.1) is 0 Å². The maximum absolute atomic E-state index is 11.7. The number of rotatable bonds is 14. The van der Waals surface area contributed by atoms with E-state index in [9.17, 15) is 4.79 Å². The van der Waals surface area contributed by atoms with Crippen LogP contribution < -0.4 is 35.3 Å². The second kappa shape index (κ2) is 16.1. The number of ether oxygens (including phenoxy) is 1. The minimum absolute atomic E-state index is 0. The van der Waals surface area contributed by atoms with Crippen molar-refractivity contribution in [2.75, 3.05) is 6.61 Å². The van der Waals surface area contributed by atoms with E-state index in [0.717, 1.165) is 18.5 Å². The first-order valence-electron chi connectivity index (χ1n) is 9.13. The molecular weight excluding hydrogens is 313 g/mol. The average Bonchev–Trinajstić information content (AvgIpc) is 3.05. The van der Waals surface area contributed by atoms with Crippen LogP contribution >= 0.6 is 0 Å². The molecule has 0 aromatic carbocycles. The van der Waals surface area contributed by atoms with Crippen molar-refractivity contribution in [2.45, 2.75) is 83.6 Å². The Morgan fingerprint density at radius 3 is 2.29 bits per heavy atom. The van der Waals surface area contributed by atoms with E-state index in [-0.39, 0.29) is 37.0 Å². The fourth-order valence-electron chi connectivity index (χ4n) is 2.59. The van der Waals surface area contributed by atoms with Gasteiger partial charge in [-0.05, 0) is 6.42 Å². The second-order valence-electron chi connectivity index (χ2n) is 6.24. The molecule has 1 aromatic heterocycles. The van der Waals surface area contributed by atoms with Crippen molar-refractivity contribution in [3.8, 4) is 0 Å². The van der Waals surface area contributed by atoms with E-state index in [1.54, 1.807) is 12.5 Å². The summed E-state index contributed by atoms with van der Waals surface area (Å²) in [6, 6.07) is -0.612. The molecule has 1 aromatic rings. The summed E-state index contributed by atoms with van der Waals surface area (Å²) in [5, 5.41) is 0. The number of carbonyl (C=O) groups excluding carboxylic acids is 1. The number of carbonyl (C=O) groups is 1. The number of aromatic nitrogens is 2. The number of imidazole rings is 1. The number of nitrogens with zero attached hydrogens (tertiary/aromatic N) is 1. The Kier molecular flexibility index (Phi) is 15.9. The number of unbranched alkanes of at least 4 members (excludes halogenated alkanes) is 9. The third kappa shape index (κ3) is 12.1. The molecule has 0 spiro atoms. The zero-order valence-corrected chi connectivity index (χ0v) is 17.6. The normalized spacial score (nSPS) is 11.8. The molecule has 0 aliphatic rings. The molecule has 0 radical (unpaired) electrons. The zero-order chi connectivity index (χ0) is 16.8. The van der Waals surface area contributed by atoms with Crippen molar-refractivity contribution in [1.82, 2.24) is 9.97 Å². The number of aromatic amines is 1. The van der Waals surface area contributed by atoms with Gasteiger partial charge in [0.2, 0.25) is 0 Å². The quantitative estimate of drug-likeness (QED) is 0.297. The van der Waals surface area contributed by atoms with Gasteiger partial charge >= 0.3 is 35.5 Å². The fourth-order valence-corrected chi connectivity index (χ4v) is 2.59. The van der Waals surface area contributed by atoms with Gasteiger partial charge in [-0.15, -0.1) is 0 Å². The summed E-state index contributed by atoms with van der Waals surface area (Å²) in [5.74, 6) is -0.324. The fraction of sp³-hybridized carbons (Fsp3) is 0.778. The summed E-state index contributed by atoms with van der Waals surface area (Å²) in [7, 11) is 0. The first-order valence-corrected chi connectivity index (χ1v) is 9.13. The number of esters is 1. The second-order valence-corrected chi connectivity index (χ2v) is 6.24. The van der Waals surface area contributed by atoms with Gasteiger partial charge in [0.05, 0.1) is 12.9 Å². The van der Waals surface area contributed by atoms with Crippen LogP contribution in [0.2, 0.25) is 0 Å². The summed E-state index contributed by atoms with van der Waals surface area (Å²) >= 11 is 0. The van der Waals surface area contributed by atoms with Crippen LogP contribution in [0.25, 0.3) is 0 Å². The number of hydrogen-bond acceptors (Lipinski definition) is 4. The van der Waals surface area contributed by atoms with Crippen molar-refractivity contribution >= 4 is 5.97 Å². The Morgan fingerprint density at radius 2 is 1.75 bits per heavy atom. The molecule has 134 valence electrons. The molecule has 0 saturated carbocycles. The molecule has 0 aliphatic heterocycles. The van der Waals surface area contributed by atoms with Crippen LogP contribution in [0.5, 0.6) is 0 Å². The molecule has 24 heavy (non-hydrogen) atoms. The van der Waals surface area contributed by atoms with Gasteiger partial charge in [-0.2, -0.15) is 0 Å². The summed E-state index contributed by atoms with van der Waals surface area (Å²) < 4.78 is 5.23. The number of nitrogens with one attached hydrogen (secondary N) is 1. The third-order valence-electron chi connectivity index (χ3n) is 4.04. The van der Waals surface area contributed by atoms with Gasteiger partial charge in [-0.3, -0.25) is 4.79 Å². The maximum Gasteiger partial charge on any atom is 1.00 e. The molecular formula is C18H34N3NaO2. The topological polar surface area (TPSA) is 81.0 Å². The summed E-state index contributed by atoms with van der Waals surface area (Å²) in [5.41, 5.74) is 6.67. The Bertz CT molecular complexity index is 405. The molecule has 0 fully saturated rings. The van der Waals surface area contributed by atoms with E-state index >= 15 is 0 Å². The minimum Gasteiger partial charge on any atom is -1.00 e. The monoisotopic (exact) mass is 347 g/mol. The Morgan fingerprint density at radius 1 is 1.17 bits per heavy atom. The van der Waals surface area contributed by atoms with Crippen molar-refractivity contribution in [1.29, 1.82) is 0 Å². The molecule has 0 aliphatic carbocycles. The predicted octanol–water partition coefficient (Wildman–Crippen LogP) is 0.860. The average molecular weight is 347 g/mol. The van der Waals surface area contributed by atoms with Crippen LogP contribution in [0.4, 0.5) is 0 Å². The first-order chi connectivity index (χ1) is 11.2. The van der Waals surface area contributed by atoms with Gasteiger partial charge in [0.1, 0.15) is 6.04 Å². The third-order valence-corrected chi connectivity index (χ3v) is 4.04. The number of nitrogens with two attached hydrogens (primary N) is 1. The first kappa shape index (κ1) is 23.6. The predicted molar refractivity (Wildman–Crippen MR) is 94.2 cm³/mol. The van der Waals surface area contributed by atoms with Crippen molar-refractivity contribution < 1.29 is 40.5 Å². The minimum atomic E-state index is -0.612. The molecule has 1 rings (SSSR count). The van der Waals surface area contributed by atoms with Crippen molar-refractivity contribution in [3.63, 3.8) is 0 Å². The van der Waals surface area contributed by atoms with E-state index in [4.69, 9.17) is 10.5 Å². The molecule has 0 unspecified atom stereocenters. The van der Waals surface area contributed by atoms with Crippen LogP contribution in [0.3, 0.4) is 0 Å². The molecule has 3 N–H and O–H groups in total. The summed E-state index contributed by atoms with van der Waals surface area (Å²) in [4.78, 5) is 18.6. The van der Waals surface area contributed by atoms with Gasteiger partial charge < -0.3 is 16.9 Å². The number of hydrogen-bond donors (Lipinski definition) is 2. The SMILES string of the molecule is CCCCCCCCCCCCOC(=O)[C@@H](N)Cc1cnc[nH]1.[H-].[Na+]. The van der Waals surface area contributed by atoms with Crippen LogP contribution in [0.1, 0.15) is 78.3 Å². The van der Waals surface area contributed by atoms with Crippen LogP contribution in [0.15, 0.2) is 12.5 Å². The Hall–Kier alpha value is -0.360. The van der Waals surface area contributed by atoms with E-state index in [1.165, 1.54) is 51.4 Å². The summed E-state index contributed by atoms with van der Waals surface area (Å²) in [6.07, 6.45) is 16.4. The molecule has 1 heterocycles. The Balaban J connectivity index is 0. The van der Waals surface area contributed by atoms with E-state index in [2.05, 4.69) is 16.9 Å². The maximum atomic E-state index is 11.7. The van der Waals surface area contributed by atoms with Crippen molar-refractivity contribution in [3.05, 3.63) is 18.2 Å². The molecule has 1 atom stereocenters. The van der Waals surface area contributed by atoms with E-state index in [0.29, 0.717) is 13.0 Å². The molecule has 6 heteroatoms. The van der Waals surface area contributed by atoms with Gasteiger partial charge in [-0.25, -0.2) is 4.98 Å². The van der Waals surface area contributed by atoms with Crippen LogP contribution in [-0.4, -0.2) is 28.6 Å². The molecule has 0 amide bonds. The molecule has 0 saturated heterocycles. The molecule has 5 nitrogen and oxygen atoms in total. The molecule has 0 bridgehead atoms. The van der Waals surface area contributed by atoms with Gasteiger partial charge in [-0.1, -0.05) is 64.7 Å². The smallest absolute Gasteiger partial charge is 1.00 e. The van der Waals surface area contributed by atoms with E-state index < -0.39 is 6.04 Å². The van der Waals surface area contributed by atoms with Crippen LogP contribution in [-0.2, 0) is 16.0 Å². The van der Waals surface area contributed by atoms with Gasteiger partial charge in [0, 0.05) is 18.3 Å². The standard InChI is InChI=1S/C18H33N3O2.Na.H/c1-2-3-4-5-6-7-8-9-10-11-12-23-18(22)17(19)13-16-14-20-15-21-16;;/h14-15,17H,2-13,19H2,1H3,(H,20,21);;/q;+1;-1/t17-;;/m0../s1.